The quantitative estimate of drug-likeness (QED) is 0.122. The zero-order valence-corrected chi connectivity index (χ0v) is 34.4. The number of benzene rings is 10. The second-order valence-corrected chi connectivity index (χ2v) is 16.9. The summed E-state index contributed by atoms with van der Waals surface area (Å²) in [5, 5.41) is 3.46. The van der Waals surface area contributed by atoms with Crippen LogP contribution in [-0.4, -0.2) is 6.71 Å². The fourth-order valence-electron chi connectivity index (χ4n) is 10.3. The summed E-state index contributed by atoms with van der Waals surface area (Å²) in [4.78, 5) is 4.86. The van der Waals surface area contributed by atoms with Crippen LogP contribution in [0.3, 0.4) is 0 Å². The van der Waals surface area contributed by atoms with Crippen molar-refractivity contribution in [1.82, 2.24) is 0 Å². The Kier molecular flexibility index (Phi) is 7.19. The first-order valence-electron chi connectivity index (χ1n) is 23.8. The van der Waals surface area contributed by atoms with E-state index in [9.17, 15) is 0 Å². The van der Waals surface area contributed by atoms with Gasteiger partial charge in [0, 0.05) is 39.5 Å². The molecule has 0 aromatic heterocycles. The molecule has 0 atom stereocenters. The monoisotopic (exact) mass is 795 g/mol. The third kappa shape index (κ3) is 5.51. The van der Waals surface area contributed by atoms with Gasteiger partial charge in [-0.15, -0.1) is 0 Å². The number of para-hydroxylation sites is 3. The maximum atomic E-state index is 9.16. The molecular formula is C59H43BN2. The molecule has 0 amide bonds. The maximum Gasteiger partial charge on any atom is 0.252 e. The first-order valence-corrected chi connectivity index (χ1v) is 21.3. The van der Waals surface area contributed by atoms with Crippen LogP contribution >= 0.6 is 0 Å². The van der Waals surface area contributed by atoms with Crippen LogP contribution < -0.4 is 26.2 Å². The molecule has 0 radical (unpaired) electrons. The smallest absolute Gasteiger partial charge is 0.252 e. The molecule has 0 saturated carbocycles. The van der Waals surface area contributed by atoms with E-state index in [-0.39, 0.29) is 41.9 Å². The number of fused-ring (bicyclic) bond motifs is 6. The minimum atomic E-state index is -0.407. The highest BCUT2D eigenvalue weighted by atomic mass is 15.2. The molecule has 0 N–H and O–H groups in total. The van der Waals surface area contributed by atoms with E-state index >= 15 is 0 Å². The average Bonchev–Trinajstić information content (AvgIpc) is 3.37. The van der Waals surface area contributed by atoms with Crippen molar-refractivity contribution in [2.45, 2.75) is 19.3 Å². The highest BCUT2D eigenvalue weighted by Crippen LogP contribution is 2.50. The molecule has 62 heavy (non-hydrogen) atoms. The van der Waals surface area contributed by atoms with Crippen LogP contribution in [0.5, 0.6) is 0 Å². The van der Waals surface area contributed by atoms with Crippen LogP contribution in [-0.2, 0) is 5.41 Å². The van der Waals surface area contributed by atoms with Crippen molar-refractivity contribution in [2.24, 2.45) is 0 Å². The lowest BCUT2D eigenvalue weighted by Gasteiger charge is -2.45. The number of hydrogen-bond donors (Lipinski definition) is 0. The number of nitrogens with zero attached hydrogens (tertiary/aromatic N) is 2. The van der Waals surface area contributed by atoms with Crippen molar-refractivity contribution in [3.8, 4) is 22.3 Å². The number of hydrogen-bond acceptors (Lipinski definition) is 2. The summed E-state index contributed by atoms with van der Waals surface area (Å²) in [5.74, 6) is 0. The SMILES string of the molecule is [2H]c1c([2H])c([2H])c(-c2c3ccccc3c(-c3cc4c5c(c3)N(c3ccccc3)c3ccc(C(C)(C)c6ccccc6)cc3B5c3ccccc3N4c3ccccc3)c3ccccc23)c([2H])c1[2H]. The van der Waals surface area contributed by atoms with Crippen molar-refractivity contribution < 1.29 is 6.85 Å². The van der Waals surface area contributed by atoms with Gasteiger partial charge in [0.05, 0.1) is 6.85 Å². The zero-order valence-electron chi connectivity index (χ0n) is 39.4. The van der Waals surface area contributed by atoms with Gasteiger partial charge in [-0.05, 0) is 120 Å². The van der Waals surface area contributed by atoms with E-state index in [1.54, 1.807) is 0 Å². The lowest BCUT2D eigenvalue weighted by Crippen LogP contribution is -2.61. The summed E-state index contributed by atoms with van der Waals surface area (Å²) in [5.41, 5.74) is 15.2. The van der Waals surface area contributed by atoms with E-state index in [4.69, 9.17) is 6.85 Å². The molecule has 2 nitrogen and oxygen atoms in total. The lowest BCUT2D eigenvalue weighted by molar-refractivity contribution is 0.641. The molecule has 10 aromatic rings. The van der Waals surface area contributed by atoms with Crippen molar-refractivity contribution in [3.63, 3.8) is 0 Å². The molecule has 0 bridgehead atoms. The van der Waals surface area contributed by atoms with E-state index in [0.717, 1.165) is 66.8 Å². The summed E-state index contributed by atoms with van der Waals surface area (Å²) in [6, 6.07) is 67.4. The van der Waals surface area contributed by atoms with Gasteiger partial charge in [0.2, 0.25) is 0 Å². The van der Waals surface area contributed by atoms with E-state index in [0.29, 0.717) is 5.56 Å². The van der Waals surface area contributed by atoms with Gasteiger partial charge in [0.25, 0.3) is 6.71 Å². The van der Waals surface area contributed by atoms with Crippen molar-refractivity contribution in [1.29, 1.82) is 0 Å². The summed E-state index contributed by atoms with van der Waals surface area (Å²) in [6.45, 7) is 4.53. The molecule has 12 rings (SSSR count). The highest BCUT2D eigenvalue weighted by molar-refractivity contribution is 7.00. The molecule has 2 aliphatic rings. The summed E-state index contributed by atoms with van der Waals surface area (Å²) < 4.78 is 44.1. The van der Waals surface area contributed by atoms with E-state index in [1.165, 1.54) is 27.5 Å². The minimum absolute atomic E-state index is 0.100. The zero-order chi connectivity index (χ0) is 45.7. The van der Waals surface area contributed by atoms with Gasteiger partial charge in [0.1, 0.15) is 0 Å². The molecule has 292 valence electrons. The number of rotatable bonds is 6. The normalized spacial score (nSPS) is 14.0. The molecule has 2 heterocycles. The van der Waals surface area contributed by atoms with Gasteiger partial charge in [-0.3, -0.25) is 0 Å². The van der Waals surface area contributed by atoms with Crippen LogP contribution in [0.4, 0.5) is 34.1 Å². The Hall–Kier alpha value is -7.62. The first kappa shape index (κ1) is 31.3. The Labute approximate surface area is 371 Å². The molecule has 2 aliphatic heterocycles. The summed E-state index contributed by atoms with van der Waals surface area (Å²) in [7, 11) is 0. The van der Waals surface area contributed by atoms with Crippen LogP contribution in [0, 0.1) is 0 Å². The molecule has 3 heteroatoms. The van der Waals surface area contributed by atoms with E-state index in [1.807, 2.05) is 36.4 Å². The Morgan fingerprint density at radius 3 is 1.44 bits per heavy atom. The molecular weight excluding hydrogens is 747 g/mol. The largest absolute Gasteiger partial charge is 0.311 e. The standard InChI is InChI=1S/C59H43BN2/c1-59(2,42-23-9-4-10-24-42)43-35-36-53-51(39-43)60-50-33-19-20-34-52(50)61(44-25-11-5-12-26-44)54-37-41(38-55(58(54)60)62(53)45-27-13-6-14-28-45)57-48-31-17-15-29-46(48)56(40-21-7-3-8-22-40)47-30-16-18-32-49(47)57/h3-39H,1-2H3/i3D,7D,8D,21D,22D. The fraction of sp³-hybridized carbons (Fsp3) is 0.0508. The number of anilines is 6. The average molecular weight is 796 g/mol. The van der Waals surface area contributed by atoms with E-state index in [2.05, 4.69) is 181 Å². The van der Waals surface area contributed by atoms with Crippen molar-refractivity contribution in [2.75, 3.05) is 9.80 Å². The fourth-order valence-corrected chi connectivity index (χ4v) is 10.3. The predicted molar refractivity (Wildman–Crippen MR) is 265 cm³/mol. The molecule has 0 aliphatic carbocycles. The third-order valence-corrected chi connectivity index (χ3v) is 13.2. The molecule has 10 aromatic carbocycles. The molecule has 0 fully saturated rings. The lowest BCUT2D eigenvalue weighted by atomic mass is 9.33. The van der Waals surface area contributed by atoms with Crippen LogP contribution in [0.25, 0.3) is 43.8 Å². The van der Waals surface area contributed by atoms with Crippen molar-refractivity contribution in [3.05, 3.63) is 235 Å². The van der Waals surface area contributed by atoms with Gasteiger partial charge in [-0.25, -0.2) is 0 Å². The molecule has 0 saturated heterocycles. The second kappa shape index (κ2) is 14.3. The summed E-state index contributed by atoms with van der Waals surface area (Å²) in [6.07, 6.45) is 0. The summed E-state index contributed by atoms with van der Waals surface area (Å²) >= 11 is 0. The molecule has 0 spiro atoms. The Balaban J connectivity index is 1.21. The third-order valence-electron chi connectivity index (χ3n) is 13.2. The minimum Gasteiger partial charge on any atom is -0.311 e. The Bertz CT molecular complexity index is 3530. The maximum absolute atomic E-state index is 9.16. The molecule has 0 unspecified atom stereocenters. The van der Waals surface area contributed by atoms with Crippen LogP contribution in [0.15, 0.2) is 224 Å². The van der Waals surface area contributed by atoms with Gasteiger partial charge >= 0.3 is 0 Å². The Morgan fingerprint density at radius 2 is 0.871 bits per heavy atom. The van der Waals surface area contributed by atoms with Crippen LogP contribution in [0.1, 0.15) is 31.8 Å². The van der Waals surface area contributed by atoms with Gasteiger partial charge in [0.15, 0.2) is 0 Å². The van der Waals surface area contributed by atoms with Gasteiger partial charge < -0.3 is 9.80 Å². The topological polar surface area (TPSA) is 6.48 Å². The Morgan fingerprint density at radius 1 is 0.403 bits per heavy atom. The van der Waals surface area contributed by atoms with Gasteiger partial charge in [-0.1, -0.05) is 190 Å². The highest BCUT2D eigenvalue weighted by Gasteiger charge is 2.44. The second-order valence-electron chi connectivity index (χ2n) is 16.9. The van der Waals surface area contributed by atoms with Crippen molar-refractivity contribution >= 4 is 78.8 Å². The van der Waals surface area contributed by atoms with Crippen LogP contribution in [0.2, 0.25) is 0 Å². The first-order chi connectivity index (χ1) is 32.6. The predicted octanol–water partition coefficient (Wildman–Crippen LogP) is 13.7. The van der Waals surface area contributed by atoms with Gasteiger partial charge in [-0.2, -0.15) is 0 Å². The van der Waals surface area contributed by atoms with E-state index < -0.39 is 6.04 Å².